The van der Waals surface area contributed by atoms with Crippen LogP contribution in [0, 0.1) is 5.82 Å². The molecule has 0 spiro atoms. The molecule has 7 nitrogen and oxygen atoms in total. The van der Waals surface area contributed by atoms with E-state index in [4.69, 9.17) is 10.5 Å². The number of ether oxygens (including phenoxy) is 2. The Morgan fingerprint density at radius 3 is 2.44 bits per heavy atom. The van der Waals surface area contributed by atoms with Gasteiger partial charge in [0, 0.05) is 11.3 Å². The summed E-state index contributed by atoms with van der Waals surface area (Å²) in [4.78, 5) is 19.9. The number of benzene rings is 1. The third-order valence-electron chi connectivity index (χ3n) is 5.53. The quantitative estimate of drug-likeness (QED) is 0.513. The first-order valence-electron chi connectivity index (χ1n) is 10.3. The Morgan fingerprint density at radius 2 is 1.86 bits per heavy atom. The van der Waals surface area contributed by atoms with Gasteiger partial charge in [0.1, 0.15) is 17.3 Å². The Morgan fingerprint density at radius 1 is 1.19 bits per heavy atom. The number of aliphatic imine (C=N–C) groups is 1. The first kappa shape index (κ1) is 27.0. The van der Waals surface area contributed by atoms with Gasteiger partial charge in [-0.2, -0.15) is 17.6 Å². The number of nitrogens with two attached hydrogens (primary N) is 1. The molecule has 1 unspecified atom stereocenters. The molecule has 36 heavy (non-hydrogen) atoms. The average Bonchev–Trinajstić information content (AvgIpc) is 2.77. The van der Waals surface area contributed by atoms with E-state index in [2.05, 4.69) is 20.0 Å². The Hall–Kier alpha value is -3.58. The van der Waals surface area contributed by atoms with Crippen molar-refractivity contribution in [3.05, 3.63) is 53.6 Å². The van der Waals surface area contributed by atoms with Gasteiger partial charge in [0.25, 0.3) is 11.9 Å². The number of rotatable bonds is 7. The van der Waals surface area contributed by atoms with E-state index in [1.807, 2.05) is 0 Å². The van der Waals surface area contributed by atoms with E-state index in [1.54, 1.807) is 0 Å². The molecular formula is C22H21F7N4O3. The number of nitrogens with zero attached hydrogens (tertiary/aromatic N) is 2. The molecule has 0 aliphatic carbocycles. The highest BCUT2D eigenvalue weighted by Gasteiger charge is 2.66. The van der Waals surface area contributed by atoms with Gasteiger partial charge in [-0.15, -0.1) is 0 Å². The maximum Gasteiger partial charge on any atom is 0.340 e. The maximum atomic E-state index is 15.3. The summed E-state index contributed by atoms with van der Waals surface area (Å²) in [5.41, 5.74) is 0.0242. The first-order chi connectivity index (χ1) is 16.5. The number of anilines is 1. The van der Waals surface area contributed by atoms with E-state index in [9.17, 15) is 26.7 Å². The molecule has 1 atom stereocenters. The second kappa shape index (κ2) is 9.13. The molecule has 0 bridgehead atoms. The van der Waals surface area contributed by atoms with Gasteiger partial charge in [-0.3, -0.25) is 4.79 Å². The molecule has 3 N–H and O–H groups in total. The molecule has 14 heteroatoms. The summed E-state index contributed by atoms with van der Waals surface area (Å²) in [6.07, 6.45) is -3.07. The number of nitrogens with one attached hydrogen (secondary N) is 1. The zero-order chi connectivity index (χ0) is 27.1. The summed E-state index contributed by atoms with van der Waals surface area (Å²) < 4.78 is 105. The van der Waals surface area contributed by atoms with Gasteiger partial charge in [-0.05, 0) is 51.1 Å². The summed E-state index contributed by atoms with van der Waals surface area (Å²) in [5, 5.41) is 2.35. The van der Waals surface area contributed by atoms with E-state index in [0.29, 0.717) is 0 Å². The molecule has 0 radical (unpaired) electrons. The van der Waals surface area contributed by atoms with Crippen LogP contribution in [0.5, 0.6) is 5.75 Å². The number of hydrogen-bond donors (Lipinski definition) is 2. The average molecular weight is 522 g/mol. The number of halogens is 7. The predicted molar refractivity (Wildman–Crippen MR) is 114 cm³/mol. The van der Waals surface area contributed by atoms with Crippen LogP contribution in [0.25, 0.3) is 0 Å². The molecule has 0 saturated heterocycles. The second-order valence-corrected chi connectivity index (χ2v) is 8.59. The van der Waals surface area contributed by atoms with E-state index < -0.39 is 59.3 Å². The van der Waals surface area contributed by atoms with E-state index in [1.165, 1.54) is 0 Å². The third-order valence-corrected chi connectivity index (χ3v) is 5.53. The monoisotopic (exact) mass is 522 g/mol. The van der Waals surface area contributed by atoms with E-state index in [-0.39, 0.29) is 17.1 Å². The molecule has 0 saturated carbocycles. The molecule has 2 heterocycles. The highest BCUT2D eigenvalue weighted by atomic mass is 19.3. The number of carbonyl (C=O) groups is 1. The summed E-state index contributed by atoms with van der Waals surface area (Å²) in [7, 11) is 0. The van der Waals surface area contributed by atoms with Crippen LogP contribution in [0.2, 0.25) is 0 Å². The lowest BCUT2D eigenvalue weighted by Crippen LogP contribution is -2.62. The van der Waals surface area contributed by atoms with Crippen molar-refractivity contribution in [2.75, 3.05) is 11.9 Å². The summed E-state index contributed by atoms with van der Waals surface area (Å²) in [6, 6.07) is 4.46. The fraction of sp³-hybridized carbons (Fsp3) is 0.409. The molecule has 1 aliphatic heterocycles. The largest absolute Gasteiger partial charge is 0.485 e. The molecule has 1 amide bonds. The number of amidine groups is 1. The Balaban J connectivity index is 1.82. The number of hydrogen-bond acceptors (Lipinski definition) is 6. The molecule has 0 fully saturated rings. The fourth-order valence-electron chi connectivity index (χ4n) is 3.47. The molecule has 196 valence electrons. The van der Waals surface area contributed by atoms with Crippen LogP contribution in [0.4, 0.5) is 36.4 Å². The molecule has 2 aromatic rings. The summed E-state index contributed by atoms with van der Waals surface area (Å²) in [5.74, 6) is -10.3. The van der Waals surface area contributed by atoms with Crippen molar-refractivity contribution in [1.29, 1.82) is 0 Å². The van der Waals surface area contributed by atoms with Gasteiger partial charge in [-0.1, -0.05) is 0 Å². The molecular weight excluding hydrogens is 501 g/mol. The smallest absolute Gasteiger partial charge is 0.340 e. The third kappa shape index (κ3) is 4.88. The lowest BCUT2D eigenvalue weighted by Gasteiger charge is -2.46. The van der Waals surface area contributed by atoms with Crippen LogP contribution in [0.1, 0.15) is 36.8 Å². The van der Waals surface area contributed by atoms with Crippen molar-refractivity contribution >= 4 is 17.6 Å². The number of carbonyl (C=O) groups excluding carboxylic acids is 1. The highest BCUT2D eigenvalue weighted by Crippen LogP contribution is 2.51. The first-order valence-corrected chi connectivity index (χ1v) is 10.3. The standard InChI is InChI=1S/C22H21F7N4O3/c1-19(2)22(28,29)20(3,33-18(30)36-19)13-8-11(4-6-14(13)23)32-16(34)15-7-5-12(9-31-15)35-10-21(26,27)17(24)25/h4-9,17H,10H2,1-3H3,(H2,30,33)(H,32,34). The summed E-state index contributed by atoms with van der Waals surface area (Å²) in [6.45, 7) is 1.52. The van der Waals surface area contributed by atoms with Gasteiger partial charge >= 0.3 is 18.3 Å². The second-order valence-electron chi connectivity index (χ2n) is 8.59. The van der Waals surface area contributed by atoms with Gasteiger partial charge < -0.3 is 20.5 Å². The maximum absolute atomic E-state index is 15.3. The Labute approximate surface area is 200 Å². The van der Waals surface area contributed by atoms with Gasteiger partial charge in [0.15, 0.2) is 17.7 Å². The van der Waals surface area contributed by atoms with Crippen LogP contribution in [-0.2, 0) is 10.3 Å². The molecule has 1 aromatic heterocycles. The van der Waals surface area contributed by atoms with Crippen molar-refractivity contribution in [1.82, 2.24) is 4.98 Å². The van der Waals surface area contributed by atoms with Crippen LogP contribution >= 0.6 is 0 Å². The minimum atomic E-state index is -4.38. The predicted octanol–water partition coefficient (Wildman–Crippen LogP) is 4.73. The zero-order valence-electron chi connectivity index (χ0n) is 19.1. The van der Waals surface area contributed by atoms with Crippen LogP contribution in [0.3, 0.4) is 0 Å². The van der Waals surface area contributed by atoms with Crippen LogP contribution < -0.4 is 15.8 Å². The van der Waals surface area contributed by atoms with Crippen molar-refractivity contribution in [2.24, 2.45) is 10.7 Å². The van der Waals surface area contributed by atoms with E-state index in [0.717, 1.165) is 57.3 Å². The van der Waals surface area contributed by atoms with E-state index >= 15 is 8.78 Å². The summed E-state index contributed by atoms with van der Waals surface area (Å²) >= 11 is 0. The number of amides is 1. The SMILES string of the molecule is CC1(C)OC(N)=NC(C)(c2cc(NC(=O)c3ccc(OCC(F)(F)C(F)F)cn3)ccc2F)C1(F)F. The Bertz CT molecular complexity index is 1170. The van der Waals surface area contributed by atoms with Gasteiger partial charge in [0.2, 0.25) is 0 Å². The zero-order valence-corrected chi connectivity index (χ0v) is 19.1. The van der Waals surface area contributed by atoms with Crippen molar-refractivity contribution in [3.8, 4) is 5.75 Å². The highest BCUT2D eigenvalue weighted by molar-refractivity contribution is 6.02. The number of aromatic nitrogens is 1. The minimum Gasteiger partial charge on any atom is -0.485 e. The Kier molecular flexibility index (Phi) is 6.85. The van der Waals surface area contributed by atoms with Crippen molar-refractivity contribution in [3.63, 3.8) is 0 Å². The van der Waals surface area contributed by atoms with Crippen LogP contribution in [0.15, 0.2) is 41.5 Å². The molecule has 3 rings (SSSR count). The normalized spacial score (nSPS) is 20.9. The fourth-order valence-corrected chi connectivity index (χ4v) is 3.47. The molecule has 1 aromatic carbocycles. The van der Waals surface area contributed by atoms with Gasteiger partial charge in [-0.25, -0.2) is 23.1 Å². The molecule has 1 aliphatic rings. The van der Waals surface area contributed by atoms with Crippen LogP contribution in [-0.4, -0.2) is 47.4 Å². The van der Waals surface area contributed by atoms with Gasteiger partial charge in [0.05, 0.1) is 6.20 Å². The topological polar surface area (TPSA) is 98.8 Å². The lowest BCUT2D eigenvalue weighted by molar-refractivity contribution is -0.207. The van der Waals surface area contributed by atoms with Crippen molar-refractivity contribution in [2.45, 2.75) is 50.2 Å². The lowest BCUT2D eigenvalue weighted by atomic mass is 9.77. The van der Waals surface area contributed by atoms with Crippen molar-refractivity contribution < 1.29 is 45.0 Å². The number of pyridine rings is 1. The minimum absolute atomic E-state index is 0.0924. The number of alkyl halides is 6.